The van der Waals surface area contributed by atoms with Crippen molar-refractivity contribution in [2.24, 2.45) is 0 Å². The largest absolute Gasteiger partial charge is 0.461 e. The van der Waals surface area contributed by atoms with Gasteiger partial charge in [0.1, 0.15) is 17.1 Å². The molecule has 9 heteroatoms. The number of carbonyl (C=O) groups excluding carboxylic acids is 3. The maximum Gasteiger partial charge on any atom is 0.358 e. The van der Waals surface area contributed by atoms with Gasteiger partial charge in [-0.15, -0.1) is 0 Å². The monoisotopic (exact) mass is 470 g/mol. The summed E-state index contributed by atoms with van der Waals surface area (Å²) in [5.74, 6) is -1.76. The number of benzene rings is 1. The Hall–Kier alpha value is -3.23. The fraction of sp³-hybridized carbons (Fsp3) is 0.520. The SMILES string of the molecule is CCOC(=O)c1cc2n(n1)C[C@](C)(C(=O)NC1CCCCCC1)N(Cc1cccc(F)c1)C2=O. The van der Waals surface area contributed by atoms with Gasteiger partial charge in [0.05, 0.1) is 13.2 Å². The molecule has 1 saturated carbocycles. The van der Waals surface area contributed by atoms with Gasteiger partial charge in [-0.1, -0.05) is 37.8 Å². The highest BCUT2D eigenvalue weighted by atomic mass is 19.1. The Kier molecular flexibility index (Phi) is 7.00. The Balaban J connectivity index is 1.68. The molecule has 0 spiro atoms. The molecule has 4 rings (SSSR count). The van der Waals surface area contributed by atoms with Crippen LogP contribution in [0, 0.1) is 5.82 Å². The lowest BCUT2D eigenvalue weighted by molar-refractivity contribution is -0.134. The van der Waals surface area contributed by atoms with E-state index >= 15 is 0 Å². The van der Waals surface area contributed by atoms with Gasteiger partial charge in [-0.2, -0.15) is 5.10 Å². The molecule has 1 aliphatic heterocycles. The maximum absolute atomic E-state index is 13.9. The second kappa shape index (κ2) is 9.95. The normalized spacial score (nSPS) is 21.0. The first-order valence-corrected chi connectivity index (χ1v) is 11.9. The third-order valence-corrected chi connectivity index (χ3v) is 6.69. The Morgan fingerprint density at radius 1 is 1.21 bits per heavy atom. The van der Waals surface area contributed by atoms with Gasteiger partial charge >= 0.3 is 5.97 Å². The van der Waals surface area contributed by atoms with E-state index in [0.717, 1.165) is 38.5 Å². The number of carbonyl (C=O) groups is 3. The Bertz CT molecular complexity index is 1080. The highest BCUT2D eigenvalue weighted by Gasteiger charge is 2.48. The first kappa shape index (κ1) is 23.9. The molecule has 182 valence electrons. The second-order valence-electron chi connectivity index (χ2n) is 9.25. The molecule has 0 unspecified atom stereocenters. The average molecular weight is 471 g/mol. The number of hydrogen-bond acceptors (Lipinski definition) is 5. The molecule has 1 aliphatic carbocycles. The summed E-state index contributed by atoms with van der Waals surface area (Å²) >= 11 is 0. The third kappa shape index (κ3) is 4.83. The van der Waals surface area contributed by atoms with Crippen LogP contribution in [0.1, 0.15) is 78.9 Å². The highest BCUT2D eigenvalue weighted by Crippen LogP contribution is 2.30. The molecule has 1 fully saturated rings. The predicted octanol–water partition coefficient (Wildman–Crippen LogP) is 3.45. The minimum atomic E-state index is -1.28. The molecule has 2 aromatic rings. The molecule has 0 radical (unpaired) electrons. The van der Waals surface area contributed by atoms with Crippen LogP contribution in [-0.4, -0.2) is 50.7 Å². The van der Waals surface area contributed by atoms with E-state index in [2.05, 4.69) is 10.4 Å². The number of amides is 2. The lowest BCUT2D eigenvalue weighted by Crippen LogP contribution is -2.64. The van der Waals surface area contributed by atoms with Crippen molar-refractivity contribution < 1.29 is 23.5 Å². The van der Waals surface area contributed by atoms with E-state index in [9.17, 15) is 18.8 Å². The summed E-state index contributed by atoms with van der Waals surface area (Å²) in [5.41, 5.74) is -0.496. The fourth-order valence-electron chi connectivity index (χ4n) is 4.78. The lowest BCUT2D eigenvalue weighted by Gasteiger charge is -2.43. The van der Waals surface area contributed by atoms with Crippen molar-refractivity contribution in [3.63, 3.8) is 0 Å². The van der Waals surface area contributed by atoms with Crippen LogP contribution in [0.3, 0.4) is 0 Å². The highest BCUT2D eigenvalue weighted by molar-refractivity contribution is 6.01. The van der Waals surface area contributed by atoms with E-state index in [4.69, 9.17) is 4.74 Å². The number of rotatable bonds is 6. The van der Waals surface area contributed by atoms with Crippen LogP contribution >= 0.6 is 0 Å². The minimum Gasteiger partial charge on any atom is -0.461 e. The van der Waals surface area contributed by atoms with Crippen molar-refractivity contribution >= 4 is 17.8 Å². The summed E-state index contributed by atoms with van der Waals surface area (Å²) in [4.78, 5) is 40.9. The number of halogens is 1. The Morgan fingerprint density at radius 3 is 2.62 bits per heavy atom. The van der Waals surface area contributed by atoms with Crippen molar-refractivity contribution in [3.05, 3.63) is 53.1 Å². The molecule has 34 heavy (non-hydrogen) atoms. The molecular formula is C25H31FN4O4. The quantitative estimate of drug-likeness (QED) is 0.516. The van der Waals surface area contributed by atoms with Crippen LogP contribution in [0.4, 0.5) is 4.39 Å². The van der Waals surface area contributed by atoms with Gasteiger partial charge in [-0.25, -0.2) is 9.18 Å². The van der Waals surface area contributed by atoms with Crippen LogP contribution in [0.2, 0.25) is 0 Å². The van der Waals surface area contributed by atoms with Gasteiger partial charge in [-0.3, -0.25) is 14.3 Å². The van der Waals surface area contributed by atoms with Crippen molar-refractivity contribution in [1.82, 2.24) is 20.0 Å². The van der Waals surface area contributed by atoms with E-state index in [1.54, 1.807) is 26.0 Å². The van der Waals surface area contributed by atoms with E-state index < -0.39 is 23.2 Å². The summed E-state index contributed by atoms with van der Waals surface area (Å²) in [6.45, 7) is 3.69. The maximum atomic E-state index is 13.9. The minimum absolute atomic E-state index is 0.0179. The van der Waals surface area contributed by atoms with E-state index in [-0.39, 0.29) is 43.0 Å². The van der Waals surface area contributed by atoms with E-state index in [0.29, 0.717) is 5.56 Å². The van der Waals surface area contributed by atoms with Gasteiger partial charge in [0.2, 0.25) is 5.91 Å². The topological polar surface area (TPSA) is 93.5 Å². The Labute approximate surface area is 198 Å². The summed E-state index contributed by atoms with van der Waals surface area (Å²) in [7, 11) is 0. The van der Waals surface area contributed by atoms with Crippen LogP contribution in [0.5, 0.6) is 0 Å². The number of hydrogen-bond donors (Lipinski definition) is 1. The molecule has 2 heterocycles. The van der Waals surface area contributed by atoms with Crippen LogP contribution < -0.4 is 5.32 Å². The smallest absolute Gasteiger partial charge is 0.358 e. The van der Waals surface area contributed by atoms with Crippen LogP contribution in [0.15, 0.2) is 30.3 Å². The summed E-state index contributed by atoms with van der Waals surface area (Å²) in [5, 5.41) is 7.43. The molecular weight excluding hydrogens is 439 g/mol. The number of fused-ring (bicyclic) bond motifs is 1. The standard InChI is InChI=1S/C25H31FN4O4/c1-3-34-23(32)20-14-21-22(31)29(15-17-9-8-10-18(26)13-17)25(2,16-30(21)28-20)24(33)27-19-11-6-4-5-7-12-19/h8-10,13-14,19H,3-7,11-12,15-16H2,1-2H3,(H,27,33)/t25-/m1/s1. The summed E-state index contributed by atoms with van der Waals surface area (Å²) < 4.78 is 20.3. The molecule has 2 amide bonds. The lowest BCUT2D eigenvalue weighted by atomic mass is 9.93. The number of nitrogens with zero attached hydrogens (tertiary/aromatic N) is 3. The van der Waals surface area contributed by atoms with Crippen molar-refractivity contribution in [2.75, 3.05) is 6.61 Å². The van der Waals surface area contributed by atoms with Crippen LogP contribution in [0.25, 0.3) is 0 Å². The van der Waals surface area contributed by atoms with Gasteiger partial charge in [0.25, 0.3) is 5.91 Å². The second-order valence-corrected chi connectivity index (χ2v) is 9.25. The van der Waals surface area contributed by atoms with Gasteiger partial charge in [0.15, 0.2) is 5.69 Å². The first-order chi connectivity index (χ1) is 16.3. The number of esters is 1. The zero-order chi connectivity index (χ0) is 24.3. The fourth-order valence-corrected chi connectivity index (χ4v) is 4.78. The summed E-state index contributed by atoms with van der Waals surface area (Å²) in [6, 6.07) is 7.42. The van der Waals surface area contributed by atoms with Crippen LogP contribution in [-0.2, 0) is 22.6 Å². The molecule has 1 N–H and O–H groups in total. The van der Waals surface area contributed by atoms with E-state index in [1.165, 1.54) is 27.8 Å². The first-order valence-electron chi connectivity index (χ1n) is 11.9. The summed E-state index contributed by atoms with van der Waals surface area (Å²) in [6.07, 6.45) is 6.22. The number of ether oxygens (including phenoxy) is 1. The molecule has 1 aromatic carbocycles. The molecule has 1 atom stereocenters. The van der Waals surface area contributed by atoms with Crippen molar-refractivity contribution in [2.45, 2.75) is 77.0 Å². The molecule has 8 nitrogen and oxygen atoms in total. The average Bonchev–Trinajstić information content (AvgIpc) is 3.05. The predicted molar refractivity (Wildman–Crippen MR) is 122 cm³/mol. The third-order valence-electron chi connectivity index (χ3n) is 6.69. The van der Waals surface area contributed by atoms with Gasteiger partial charge < -0.3 is 15.0 Å². The van der Waals surface area contributed by atoms with E-state index in [1.807, 2.05) is 0 Å². The molecule has 0 bridgehead atoms. The zero-order valence-electron chi connectivity index (χ0n) is 19.7. The number of nitrogens with one attached hydrogen (secondary N) is 1. The van der Waals surface area contributed by atoms with Crippen molar-refractivity contribution in [1.29, 1.82) is 0 Å². The van der Waals surface area contributed by atoms with Crippen molar-refractivity contribution in [3.8, 4) is 0 Å². The molecule has 1 aromatic heterocycles. The number of aromatic nitrogens is 2. The Morgan fingerprint density at radius 2 is 1.94 bits per heavy atom. The van der Waals surface area contributed by atoms with Gasteiger partial charge in [0, 0.05) is 18.7 Å². The molecule has 2 aliphatic rings. The molecule has 0 saturated heterocycles. The zero-order valence-corrected chi connectivity index (χ0v) is 19.7. The van der Waals surface area contributed by atoms with Gasteiger partial charge in [-0.05, 0) is 44.4 Å².